The van der Waals surface area contributed by atoms with Crippen molar-refractivity contribution < 1.29 is 5.11 Å². The van der Waals surface area contributed by atoms with Gasteiger partial charge in [-0.2, -0.15) is 0 Å². The number of rotatable bonds is 8. The van der Waals surface area contributed by atoms with Crippen molar-refractivity contribution in [3.8, 4) is 0 Å². The van der Waals surface area contributed by atoms with Crippen molar-refractivity contribution >= 4 is 0 Å². The number of hydrogen-bond acceptors (Lipinski definition) is 1. The zero-order valence-electron chi connectivity index (χ0n) is 9.55. The Labute approximate surface area is 83.5 Å². The second-order valence-electron chi connectivity index (χ2n) is 4.50. The number of hydrogen-bond donors (Lipinski definition) is 1. The van der Waals surface area contributed by atoms with Gasteiger partial charge in [-0.3, -0.25) is 0 Å². The van der Waals surface area contributed by atoms with E-state index in [9.17, 15) is 0 Å². The maximum Gasteiger partial charge on any atom is 0.0431 e. The van der Waals surface area contributed by atoms with Crippen LogP contribution in [0.15, 0.2) is 0 Å². The summed E-state index contributed by atoms with van der Waals surface area (Å²) >= 11 is 0. The van der Waals surface area contributed by atoms with E-state index < -0.39 is 0 Å². The molecule has 13 heavy (non-hydrogen) atoms. The lowest BCUT2D eigenvalue weighted by Crippen LogP contribution is -2.04. The summed E-state index contributed by atoms with van der Waals surface area (Å²) in [5, 5.41) is 8.69. The summed E-state index contributed by atoms with van der Waals surface area (Å²) in [6.07, 6.45) is 7.53. The van der Waals surface area contributed by atoms with E-state index in [4.69, 9.17) is 5.11 Å². The van der Waals surface area contributed by atoms with Crippen molar-refractivity contribution in [2.45, 2.75) is 59.3 Å². The molecule has 0 bridgehead atoms. The molecular weight excluding hydrogens is 160 g/mol. The lowest BCUT2D eigenvalue weighted by atomic mass is 9.89. The van der Waals surface area contributed by atoms with Crippen molar-refractivity contribution in [3.05, 3.63) is 0 Å². The Morgan fingerprint density at radius 1 is 1.08 bits per heavy atom. The summed E-state index contributed by atoms with van der Waals surface area (Å²) in [7, 11) is 0. The fourth-order valence-corrected chi connectivity index (χ4v) is 2.00. The molecule has 0 aromatic heterocycles. The number of aliphatic hydroxyl groups excluding tert-OH is 1. The Hall–Kier alpha value is -0.0400. The smallest absolute Gasteiger partial charge is 0.0431 e. The average molecular weight is 186 g/mol. The van der Waals surface area contributed by atoms with Crippen LogP contribution in [0.3, 0.4) is 0 Å². The average Bonchev–Trinajstić information content (AvgIpc) is 2.04. The summed E-state index contributed by atoms with van der Waals surface area (Å²) < 4.78 is 0. The molecule has 0 aromatic rings. The van der Waals surface area contributed by atoms with Gasteiger partial charge in [0, 0.05) is 6.61 Å². The Bertz CT molecular complexity index is 99.3. The molecule has 0 amide bonds. The van der Waals surface area contributed by atoms with Crippen LogP contribution in [0.5, 0.6) is 0 Å². The van der Waals surface area contributed by atoms with E-state index in [1.165, 1.54) is 32.1 Å². The third-order valence-corrected chi connectivity index (χ3v) is 2.52. The largest absolute Gasteiger partial charge is 0.396 e. The van der Waals surface area contributed by atoms with E-state index in [2.05, 4.69) is 20.8 Å². The van der Waals surface area contributed by atoms with Crippen molar-refractivity contribution in [1.29, 1.82) is 0 Å². The molecule has 0 aliphatic carbocycles. The SMILES string of the molecule is CCCC(CCCCO)CC(C)C. The lowest BCUT2D eigenvalue weighted by molar-refractivity contribution is 0.270. The first-order valence-corrected chi connectivity index (χ1v) is 5.81. The molecule has 1 unspecified atom stereocenters. The van der Waals surface area contributed by atoms with Crippen molar-refractivity contribution in [2.24, 2.45) is 11.8 Å². The molecule has 0 aromatic carbocycles. The van der Waals surface area contributed by atoms with Gasteiger partial charge in [-0.05, 0) is 24.7 Å². The zero-order valence-corrected chi connectivity index (χ0v) is 9.55. The molecule has 0 saturated heterocycles. The lowest BCUT2D eigenvalue weighted by Gasteiger charge is -2.17. The minimum Gasteiger partial charge on any atom is -0.396 e. The second kappa shape index (κ2) is 8.55. The van der Waals surface area contributed by atoms with Gasteiger partial charge >= 0.3 is 0 Å². The van der Waals surface area contributed by atoms with Crippen LogP contribution in [-0.2, 0) is 0 Å². The van der Waals surface area contributed by atoms with Crippen molar-refractivity contribution in [3.63, 3.8) is 0 Å². The molecule has 0 fully saturated rings. The highest BCUT2D eigenvalue weighted by Gasteiger charge is 2.09. The van der Waals surface area contributed by atoms with E-state index in [-0.39, 0.29) is 0 Å². The molecule has 80 valence electrons. The Morgan fingerprint density at radius 2 is 1.77 bits per heavy atom. The van der Waals surface area contributed by atoms with Gasteiger partial charge in [0.2, 0.25) is 0 Å². The minimum absolute atomic E-state index is 0.362. The van der Waals surface area contributed by atoms with Crippen LogP contribution in [-0.4, -0.2) is 11.7 Å². The van der Waals surface area contributed by atoms with Crippen molar-refractivity contribution in [2.75, 3.05) is 6.61 Å². The first-order valence-electron chi connectivity index (χ1n) is 5.81. The summed E-state index contributed by atoms with van der Waals surface area (Å²) in [6.45, 7) is 7.23. The van der Waals surface area contributed by atoms with Crippen molar-refractivity contribution in [1.82, 2.24) is 0 Å². The number of aliphatic hydroxyl groups is 1. The zero-order chi connectivity index (χ0) is 10.1. The minimum atomic E-state index is 0.362. The van der Waals surface area contributed by atoms with Crippen LogP contribution in [0.2, 0.25) is 0 Å². The Kier molecular flexibility index (Phi) is 8.53. The first kappa shape index (κ1) is 13.0. The monoisotopic (exact) mass is 186 g/mol. The molecule has 0 spiro atoms. The molecule has 0 saturated carbocycles. The summed E-state index contributed by atoms with van der Waals surface area (Å²) in [4.78, 5) is 0. The van der Waals surface area contributed by atoms with Crippen LogP contribution in [0.1, 0.15) is 59.3 Å². The van der Waals surface area contributed by atoms with E-state index >= 15 is 0 Å². The van der Waals surface area contributed by atoms with Gasteiger partial charge in [0.05, 0.1) is 0 Å². The van der Waals surface area contributed by atoms with Crippen LogP contribution in [0.4, 0.5) is 0 Å². The summed E-state index contributed by atoms with van der Waals surface area (Å²) in [5.41, 5.74) is 0. The third-order valence-electron chi connectivity index (χ3n) is 2.52. The fraction of sp³-hybridized carbons (Fsp3) is 1.00. The van der Waals surface area contributed by atoms with Gasteiger partial charge in [0.1, 0.15) is 0 Å². The maximum absolute atomic E-state index is 8.69. The molecule has 0 aliphatic heterocycles. The molecule has 1 heteroatoms. The first-order chi connectivity index (χ1) is 6.20. The van der Waals surface area contributed by atoms with Crippen LogP contribution in [0, 0.1) is 11.8 Å². The van der Waals surface area contributed by atoms with E-state index in [1.54, 1.807) is 0 Å². The summed E-state index contributed by atoms with van der Waals surface area (Å²) in [6, 6.07) is 0. The molecular formula is C12H26O. The topological polar surface area (TPSA) is 20.2 Å². The quantitative estimate of drug-likeness (QED) is 0.574. The van der Waals surface area contributed by atoms with Gasteiger partial charge in [0.25, 0.3) is 0 Å². The van der Waals surface area contributed by atoms with E-state index in [0.29, 0.717) is 6.61 Å². The normalized spacial score (nSPS) is 13.6. The standard InChI is InChI=1S/C12H26O/c1-4-7-12(10-11(2)3)8-5-6-9-13/h11-13H,4-10H2,1-3H3. The molecule has 1 atom stereocenters. The predicted octanol–water partition coefficient (Wildman–Crippen LogP) is 3.61. The molecule has 1 N–H and O–H groups in total. The highest BCUT2D eigenvalue weighted by molar-refractivity contribution is 4.61. The molecule has 0 heterocycles. The van der Waals surface area contributed by atoms with Gasteiger partial charge in [-0.1, -0.05) is 46.5 Å². The summed E-state index contributed by atoms with van der Waals surface area (Å²) in [5.74, 6) is 1.72. The maximum atomic E-state index is 8.69. The molecule has 0 radical (unpaired) electrons. The van der Waals surface area contributed by atoms with Gasteiger partial charge in [0.15, 0.2) is 0 Å². The Balaban J connectivity index is 3.53. The Morgan fingerprint density at radius 3 is 2.23 bits per heavy atom. The molecule has 0 rings (SSSR count). The van der Waals surface area contributed by atoms with Gasteiger partial charge < -0.3 is 5.11 Å². The fourth-order valence-electron chi connectivity index (χ4n) is 2.00. The van der Waals surface area contributed by atoms with E-state index in [1.807, 2.05) is 0 Å². The van der Waals surface area contributed by atoms with Crippen LogP contribution < -0.4 is 0 Å². The van der Waals surface area contributed by atoms with Crippen LogP contribution >= 0.6 is 0 Å². The van der Waals surface area contributed by atoms with E-state index in [0.717, 1.165) is 18.3 Å². The molecule has 0 aliphatic rings. The highest BCUT2D eigenvalue weighted by Crippen LogP contribution is 2.22. The second-order valence-corrected chi connectivity index (χ2v) is 4.50. The van der Waals surface area contributed by atoms with Gasteiger partial charge in [-0.25, -0.2) is 0 Å². The van der Waals surface area contributed by atoms with Gasteiger partial charge in [-0.15, -0.1) is 0 Å². The molecule has 1 nitrogen and oxygen atoms in total. The predicted molar refractivity (Wildman–Crippen MR) is 58.8 cm³/mol. The highest BCUT2D eigenvalue weighted by atomic mass is 16.2. The number of unbranched alkanes of at least 4 members (excludes halogenated alkanes) is 1. The third kappa shape index (κ3) is 8.29. The van der Waals surface area contributed by atoms with Crippen LogP contribution in [0.25, 0.3) is 0 Å².